The second-order valence-electron chi connectivity index (χ2n) is 4.20. The highest BCUT2D eigenvalue weighted by atomic mass is 32.2. The van der Waals surface area contributed by atoms with E-state index in [0.717, 1.165) is 30.8 Å². The van der Waals surface area contributed by atoms with E-state index in [-0.39, 0.29) is 5.82 Å². The van der Waals surface area contributed by atoms with Crippen LogP contribution in [0, 0.1) is 17.7 Å². The molecule has 1 aliphatic rings. The Labute approximate surface area is 112 Å². The molecule has 0 aromatic heterocycles. The zero-order valence-corrected chi connectivity index (χ0v) is 11.1. The minimum absolute atomic E-state index is 0.241. The minimum Gasteiger partial charge on any atom is -0.320 e. The van der Waals surface area contributed by atoms with Gasteiger partial charge in [-0.2, -0.15) is 11.8 Å². The van der Waals surface area contributed by atoms with E-state index in [2.05, 4.69) is 16.7 Å². The third-order valence-corrected chi connectivity index (χ3v) is 3.84. The second kappa shape index (κ2) is 6.79. The molecule has 0 bridgehead atoms. The van der Waals surface area contributed by atoms with Crippen LogP contribution in [0.3, 0.4) is 0 Å². The summed E-state index contributed by atoms with van der Waals surface area (Å²) in [7, 11) is 0. The summed E-state index contributed by atoms with van der Waals surface area (Å²) < 4.78 is 13.2. The Kier molecular flexibility index (Phi) is 5.06. The zero-order valence-electron chi connectivity index (χ0n) is 10.3. The molecular formula is C14H17FN2S. The van der Waals surface area contributed by atoms with Gasteiger partial charge in [-0.25, -0.2) is 4.39 Å². The Morgan fingerprint density at radius 1 is 1.33 bits per heavy atom. The maximum absolute atomic E-state index is 13.2. The van der Waals surface area contributed by atoms with E-state index in [4.69, 9.17) is 5.73 Å². The van der Waals surface area contributed by atoms with Gasteiger partial charge in [0.2, 0.25) is 0 Å². The Morgan fingerprint density at radius 3 is 2.83 bits per heavy atom. The van der Waals surface area contributed by atoms with E-state index in [1.54, 1.807) is 0 Å². The number of halogens is 1. The SMILES string of the molecule is NCC#Cc1cc(F)ccc1CN1CCSCC1. The summed E-state index contributed by atoms with van der Waals surface area (Å²) in [5.74, 6) is 7.86. The highest BCUT2D eigenvalue weighted by Crippen LogP contribution is 2.16. The fourth-order valence-corrected chi connectivity index (χ4v) is 2.93. The molecule has 0 spiro atoms. The smallest absolute Gasteiger partial charge is 0.124 e. The lowest BCUT2D eigenvalue weighted by molar-refractivity contribution is 0.294. The molecule has 4 heteroatoms. The molecule has 96 valence electrons. The van der Waals surface area contributed by atoms with E-state index < -0.39 is 0 Å². The maximum Gasteiger partial charge on any atom is 0.124 e. The van der Waals surface area contributed by atoms with E-state index in [0.29, 0.717) is 6.54 Å². The molecule has 1 aliphatic heterocycles. The molecule has 0 atom stereocenters. The summed E-state index contributed by atoms with van der Waals surface area (Å²) in [6.45, 7) is 3.32. The van der Waals surface area contributed by atoms with Gasteiger partial charge in [-0.3, -0.25) is 4.90 Å². The van der Waals surface area contributed by atoms with E-state index in [9.17, 15) is 4.39 Å². The molecule has 0 amide bonds. The average Bonchev–Trinajstić information content (AvgIpc) is 2.40. The van der Waals surface area contributed by atoms with Gasteiger partial charge in [-0.15, -0.1) is 0 Å². The summed E-state index contributed by atoms with van der Waals surface area (Å²) in [5.41, 5.74) is 7.22. The molecule has 18 heavy (non-hydrogen) atoms. The average molecular weight is 264 g/mol. The highest BCUT2D eigenvalue weighted by molar-refractivity contribution is 7.99. The molecule has 1 saturated heterocycles. The van der Waals surface area contributed by atoms with Crippen molar-refractivity contribution in [1.82, 2.24) is 4.90 Å². The van der Waals surface area contributed by atoms with Crippen LogP contribution in [0.4, 0.5) is 4.39 Å². The van der Waals surface area contributed by atoms with Crippen LogP contribution in [-0.2, 0) is 6.54 Å². The van der Waals surface area contributed by atoms with E-state index in [1.165, 1.54) is 23.6 Å². The van der Waals surface area contributed by atoms with Crippen molar-refractivity contribution < 1.29 is 4.39 Å². The predicted octanol–water partition coefficient (Wildman–Crippen LogP) is 1.68. The third-order valence-electron chi connectivity index (χ3n) is 2.89. The van der Waals surface area contributed by atoms with Crippen molar-refractivity contribution in [2.45, 2.75) is 6.54 Å². The highest BCUT2D eigenvalue weighted by Gasteiger charge is 2.12. The van der Waals surface area contributed by atoms with Gasteiger partial charge in [-0.1, -0.05) is 17.9 Å². The fraction of sp³-hybridized carbons (Fsp3) is 0.429. The Balaban J connectivity index is 2.15. The lowest BCUT2D eigenvalue weighted by Gasteiger charge is -2.26. The van der Waals surface area contributed by atoms with Crippen molar-refractivity contribution in [1.29, 1.82) is 0 Å². The fourth-order valence-electron chi connectivity index (χ4n) is 1.95. The first-order valence-corrected chi connectivity index (χ1v) is 7.22. The lowest BCUT2D eigenvalue weighted by atomic mass is 10.1. The monoisotopic (exact) mass is 264 g/mol. The van der Waals surface area contributed by atoms with Crippen LogP contribution in [-0.4, -0.2) is 36.0 Å². The normalized spacial score (nSPS) is 16.1. The van der Waals surface area contributed by atoms with Gasteiger partial charge >= 0.3 is 0 Å². The molecule has 1 fully saturated rings. The van der Waals surface area contributed by atoms with Crippen LogP contribution >= 0.6 is 11.8 Å². The zero-order chi connectivity index (χ0) is 12.8. The summed E-state index contributed by atoms with van der Waals surface area (Å²) in [4.78, 5) is 2.39. The van der Waals surface area contributed by atoms with Crippen molar-refractivity contribution >= 4 is 11.8 Å². The minimum atomic E-state index is -0.241. The van der Waals surface area contributed by atoms with Crippen molar-refractivity contribution in [3.63, 3.8) is 0 Å². The molecule has 1 heterocycles. The predicted molar refractivity (Wildman–Crippen MR) is 74.9 cm³/mol. The lowest BCUT2D eigenvalue weighted by Crippen LogP contribution is -2.32. The molecule has 0 saturated carbocycles. The number of nitrogens with two attached hydrogens (primary N) is 1. The Bertz CT molecular complexity index is 459. The molecule has 1 aromatic rings. The Hall–Kier alpha value is -1.02. The van der Waals surface area contributed by atoms with Crippen LogP contribution in [0.5, 0.6) is 0 Å². The number of hydrogen-bond acceptors (Lipinski definition) is 3. The number of thioether (sulfide) groups is 1. The summed E-state index contributed by atoms with van der Waals surface area (Å²) >= 11 is 1.98. The second-order valence-corrected chi connectivity index (χ2v) is 5.42. The van der Waals surface area contributed by atoms with Gasteiger partial charge in [0.1, 0.15) is 5.82 Å². The van der Waals surface area contributed by atoms with Crippen LogP contribution in [0.1, 0.15) is 11.1 Å². The standard InChI is InChI=1S/C14H17FN2S/c15-14-4-3-13(12(10-14)2-1-5-16)11-17-6-8-18-9-7-17/h3-4,10H,5-9,11,16H2. The van der Waals surface area contributed by atoms with Crippen molar-refractivity contribution in [3.8, 4) is 11.8 Å². The van der Waals surface area contributed by atoms with Gasteiger partial charge in [0.05, 0.1) is 6.54 Å². The molecule has 2 nitrogen and oxygen atoms in total. The summed E-state index contributed by atoms with van der Waals surface area (Å²) in [5, 5.41) is 0. The van der Waals surface area contributed by atoms with Gasteiger partial charge in [-0.05, 0) is 17.7 Å². The molecule has 2 rings (SSSR count). The van der Waals surface area contributed by atoms with Gasteiger partial charge in [0.15, 0.2) is 0 Å². The maximum atomic E-state index is 13.2. The molecule has 2 N–H and O–H groups in total. The largest absolute Gasteiger partial charge is 0.320 e. The van der Waals surface area contributed by atoms with Gasteiger partial charge in [0, 0.05) is 36.7 Å². The topological polar surface area (TPSA) is 29.3 Å². The third kappa shape index (κ3) is 3.74. The summed E-state index contributed by atoms with van der Waals surface area (Å²) in [6.07, 6.45) is 0. The van der Waals surface area contributed by atoms with Crippen LogP contribution < -0.4 is 5.73 Å². The van der Waals surface area contributed by atoms with E-state index >= 15 is 0 Å². The summed E-state index contributed by atoms with van der Waals surface area (Å²) in [6, 6.07) is 4.83. The van der Waals surface area contributed by atoms with E-state index in [1.807, 2.05) is 17.8 Å². The van der Waals surface area contributed by atoms with Crippen molar-refractivity contribution in [3.05, 3.63) is 35.1 Å². The van der Waals surface area contributed by atoms with Crippen LogP contribution in [0.25, 0.3) is 0 Å². The molecule has 1 aromatic carbocycles. The number of rotatable bonds is 2. The Morgan fingerprint density at radius 2 is 2.11 bits per heavy atom. The van der Waals surface area contributed by atoms with Crippen molar-refractivity contribution in [2.24, 2.45) is 5.73 Å². The number of nitrogens with zero attached hydrogens (tertiary/aromatic N) is 1. The van der Waals surface area contributed by atoms with Gasteiger partial charge in [0.25, 0.3) is 0 Å². The quantitative estimate of drug-likeness (QED) is 0.824. The first-order valence-electron chi connectivity index (χ1n) is 6.07. The molecular weight excluding hydrogens is 247 g/mol. The first-order chi connectivity index (χ1) is 8.79. The molecule has 0 radical (unpaired) electrons. The molecule has 0 unspecified atom stereocenters. The number of benzene rings is 1. The first kappa shape index (κ1) is 13.4. The van der Waals surface area contributed by atoms with Gasteiger partial charge < -0.3 is 5.73 Å². The molecule has 0 aliphatic carbocycles. The van der Waals surface area contributed by atoms with Crippen molar-refractivity contribution in [2.75, 3.05) is 31.1 Å². The number of hydrogen-bond donors (Lipinski definition) is 1. The van der Waals surface area contributed by atoms with Crippen LogP contribution in [0.2, 0.25) is 0 Å². The van der Waals surface area contributed by atoms with Crippen LogP contribution in [0.15, 0.2) is 18.2 Å².